The number of benzene rings is 2. The van der Waals surface area contributed by atoms with E-state index in [1.165, 1.54) is 28.3 Å². The average Bonchev–Trinajstić information content (AvgIpc) is 3.15. The van der Waals surface area contributed by atoms with Crippen LogP contribution in [0.4, 0.5) is 9.18 Å². The number of carbonyl (C=O) groups excluding carboxylic acids is 1. The highest BCUT2D eigenvalue weighted by Gasteiger charge is 2.49. The van der Waals surface area contributed by atoms with Crippen molar-refractivity contribution in [1.82, 2.24) is 9.88 Å². The Bertz CT molecular complexity index is 1230. The van der Waals surface area contributed by atoms with E-state index in [0.29, 0.717) is 24.1 Å². The molecule has 35 heavy (non-hydrogen) atoms. The van der Waals surface area contributed by atoms with E-state index in [2.05, 4.69) is 29.2 Å². The zero-order valence-electron chi connectivity index (χ0n) is 19.8. The lowest BCUT2D eigenvalue weighted by molar-refractivity contribution is -0.0895. The Hall–Kier alpha value is -3.25. The molecular weight excluding hydrogens is 443 g/mol. The summed E-state index contributed by atoms with van der Waals surface area (Å²) >= 11 is 0. The van der Waals surface area contributed by atoms with Gasteiger partial charge in [0.2, 0.25) is 5.95 Å². The average molecular weight is 473 g/mol. The van der Waals surface area contributed by atoms with Gasteiger partial charge in [-0.25, -0.2) is 9.78 Å². The van der Waals surface area contributed by atoms with Gasteiger partial charge >= 0.3 is 6.09 Å². The van der Waals surface area contributed by atoms with Crippen molar-refractivity contribution in [1.29, 1.82) is 0 Å². The number of fused-ring (bicyclic) bond motifs is 5. The van der Waals surface area contributed by atoms with Gasteiger partial charge < -0.3 is 14.7 Å². The van der Waals surface area contributed by atoms with E-state index in [-0.39, 0.29) is 30.7 Å². The second kappa shape index (κ2) is 8.45. The molecule has 3 aliphatic rings. The molecule has 3 aromatic rings. The lowest BCUT2D eigenvalue weighted by atomic mass is 9.72. The maximum atomic E-state index is 13.6. The van der Waals surface area contributed by atoms with Crippen LogP contribution in [0.3, 0.4) is 0 Å². The number of piperidine rings is 2. The van der Waals surface area contributed by atoms with Gasteiger partial charge in [0.1, 0.15) is 6.61 Å². The summed E-state index contributed by atoms with van der Waals surface area (Å²) in [6.07, 6.45) is 3.15. The number of pyridine rings is 1. The molecule has 6 rings (SSSR count). The molecule has 2 fully saturated rings. The molecule has 1 N–H and O–H groups in total. The Kier molecular flexibility index (Phi) is 5.37. The molecule has 0 spiro atoms. The number of hydrogen-bond donors (Lipinski definition) is 1. The quantitative estimate of drug-likeness (QED) is 0.498. The number of nitrogens with zero attached hydrogens (tertiary/aromatic N) is 2. The van der Waals surface area contributed by atoms with E-state index in [1.54, 1.807) is 13.0 Å². The minimum atomic E-state index is -1.12. The van der Waals surface area contributed by atoms with Crippen LogP contribution in [0, 0.1) is 12.9 Å². The van der Waals surface area contributed by atoms with Crippen LogP contribution in [0.2, 0.25) is 0 Å². The van der Waals surface area contributed by atoms with Gasteiger partial charge in [-0.2, -0.15) is 4.39 Å². The van der Waals surface area contributed by atoms with Gasteiger partial charge in [-0.3, -0.25) is 0 Å². The Balaban J connectivity index is 1.21. The zero-order chi connectivity index (χ0) is 24.2. The molecular formula is C29H29FN2O3. The number of aliphatic hydroxyl groups is 1. The highest BCUT2D eigenvalue weighted by Crippen LogP contribution is 2.47. The Morgan fingerprint density at radius 1 is 1.03 bits per heavy atom. The minimum absolute atomic E-state index is 0.0147. The number of amides is 1. The van der Waals surface area contributed by atoms with Crippen LogP contribution in [0.15, 0.2) is 60.7 Å². The highest BCUT2D eigenvalue weighted by molar-refractivity contribution is 5.79. The monoisotopic (exact) mass is 472 g/mol. The van der Waals surface area contributed by atoms with Gasteiger partial charge in [0.25, 0.3) is 0 Å². The fourth-order valence-electron chi connectivity index (χ4n) is 6.64. The second-order valence-electron chi connectivity index (χ2n) is 10.2. The molecule has 1 aromatic heterocycles. The first-order chi connectivity index (χ1) is 16.9. The topological polar surface area (TPSA) is 62.7 Å². The smallest absolute Gasteiger partial charge is 0.410 e. The first-order valence-corrected chi connectivity index (χ1v) is 12.4. The number of ether oxygens (including phenoxy) is 1. The lowest BCUT2D eigenvalue weighted by Gasteiger charge is -2.51. The van der Waals surface area contributed by atoms with Gasteiger partial charge in [-0.05, 0) is 60.6 Å². The first kappa shape index (κ1) is 22.2. The molecule has 2 unspecified atom stereocenters. The molecule has 5 nitrogen and oxygen atoms in total. The van der Waals surface area contributed by atoms with E-state index in [9.17, 15) is 14.3 Å². The van der Waals surface area contributed by atoms with E-state index in [1.807, 2.05) is 29.2 Å². The van der Waals surface area contributed by atoms with Gasteiger partial charge in [0.05, 0.1) is 5.60 Å². The van der Waals surface area contributed by atoms with Crippen molar-refractivity contribution >= 4 is 6.09 Å². The number of carbonyl (C=O) groups is 1. The Morgan fingerprint density at radius 2 is 1.63 bits per heavy atom. The Morgan fingerprint density at radius 3 is 2.23 bits per heavy atom. The third kappa shape index (κ3) is 3.71. The summed E-state index contributed by atoms with van der Waals surface area (Å²) in [6, 6.07) is 19.3. The number of hydrogen-bond acceptors (Lipinski definition) is 4. The third-order valence-electron chi connectivity index (χ3n) is 8.11. The maximum Gasteiger partial charge on any atom is 0.410 e. The molecule has 2 aromatic carbocycles. The van der Waals surface area contributed by atoms with Crippen LogP contribution >= 0.6 is 0 Å². The summed E-state index contributed by atoms with van der Waals surface area (Å²) < 4.78 is 19.5. The summed E-state index contributed by atoms with van der Waals surface area (Å²) in [6.45, 7) is 2.01. The van der Waals surface area contributed by atoms with Gasteiger partial charge in [-0.15, -0.1) is 0 Å². The van der Waals surface area contributed by atoms with Crippen molar-refractivity contribution in [3.63, 3.8) is 0 Å². The molecule has 2 bridgehead atoms. The molecule has 2 atom stereocenters. The summed E-state index contributed by atoms with van der Waals surface area (Å²) in [5.74, 6) is -0.535. The fourth-order valence-corrected chi connectivity index (χ4v) is 6.64. The predicted molar refractivity (Wildman–Crippen MR) is 130 cm³/mol. The van der Waals surface area contributed by atoms with E-state index < -0.39 is 11.5 Å². The third-order valence-corrected chi connectivity index (χ3v) is 8.11. The number of aryl methyl sites for hydroxylation is 1. The standard InChI is InChI=1S/C29H29FN2O3/c1-18-26(13-14-27(30)31-18)29(34)15-19-7-6-8-20(16-29)32(19)28(33)35-17-25-23-11-4-2-9-21(23)22-10-3-5-12-24(22)25/h2-5,9-14,19-20,25,34H,6-8,15-17H2,1H3. The highest BCUT2D eigenvalue weighted by atomic mass is 19.1. The van der Waals surface area contributed by atoms with E-state index >= 15 is 0 Å². The second-order valence-corrected chi connectivity index (χ2v) is 10.2. The molecule has 1 amide bonds. The molecule has 3 heterocycles. The van der Waals surface area contributed by atoms with E-state index in [4.69, 9.17) is 4.74 Å². The van der Waals surface area contributed by atoms with Gasteiger partial charge in [0.15, 0.2) is 0 Å². The summed E-state index contributed by atoms with van der Waals surface area (Å²) in [4.78, 5) is 19.2. The van der Waals surface area contributed by atoms with Crippen molar-refractivity contribution in [3.8, 4) is 11.1 Å². The zero-order valence-corrected chi connectivity index (χ0v) is 19.8. The van der Waals surface area contributed by atoms with Crippen LogP contribution in [-0.2, 0) is 10.3 Å². The van der Waals surface area contributed by atoms with Crippen LogP contribution in [0.25, 0.3) is 11.1 Å². The molecule has 0 radical (unpaired) electrons. The number of halogens is 1. The fraction of sp³-hybridized carbons (Fsp3) is 0.379. The van der Waals surface area contributed by atoms with Crippen LogP contribution in [0.5, 0.6) is 0 Å². The van der Waals surface area contributed by atoms with Crippen molar-refractivity contribution in [2.75, 3.05) is 6.61 Å². The van der Waals surface area contributed by atoms with Crippen LogP contribution in [0.1, 0.15) is 60.4 Å². The molecule has 1 aliphatic carbocycles. The largest absolute Gasteiger partial charge is 0.448 e. The maximum absolute atomic E-state index is 13.6. The molecule has 0 saturated carbocycles. The van der Waals surface area contributed by atoms with Crippen molar-refractivity contribution in [2.45, 2.75) is 62.6 Å². The van der Waals surface area contributed by atoms with E-state index in [0.717, 1.165) is 19.3 Å². The molecule has 6 heteroatoms. The minimum Gasteiger partial charge on any atom is -0.448 e. The SMILES string of the molecule is Cc1nc(F)ccc1C1(O)CC2CCCC(C1)N2C(=O)OCC1c2ccccc2-c2ccccc21. The predicted octanol–water partition coefficient (Wildman–Crippen LogP) is 5.68. The Labute approximate surface area is 204 Å². The summed E-state index contributed by atoms with van der Waals surface area (Å²) in [5.41, 5.74) is 4.81. The summed E-state index contributed by atoms with van der Waals surface area (Å²) in [5, 5.41) is 11.6. The van der Waals surface area contributed by atoms with Crippen LogP contribution < -0.4 is 0 Å². The lowest BCUT2D eigenvalue weighted by Crippen LogP contribution is -2.59. The number of rotatable bonds is 3. The van der Waals surface area contributed by atoms with Crippen LogP contribution in [-0.4, -0.2) is 39.8 Å². The van der Waals surface area contributed by atoms with Gasteiger partial charge in [0, 0.05) is 42.1 Å². The molecule has 180 valence electrons. The first-order valence-electron chi connectivity index (χ1n) is 12.4. The number of aromatic nitrogens is 1. The normalized spacial score (nSPS) is 25.2. The van der Waals surface area contributed by atoms with Crippen molar-refractivity contribution < 1.29 is 19.0 Å². The molecule has 2 aliphatic heterocycles. The molecule has 2 saturated heterocycles. The summed E-state index contributed by atoms with van der Waals surface area (Å²) in [7, 11) is 0. The van der Waals surface area contributed by atoms with Gasteiger partial charge in [-0.1, -0.05) is 48.5 Å². The van der Waals surface area contributed by atoms with Crippen molar-refractivity contribution in [2.24, 2.45) is 0 Å². The van der Waals surface area contributed by atoms with Crippen molar-refractivity contribution in [3.05, 3.63) is 89.0 Å².